The third kappa shape index (κ3) is 6.51. The van der Waals surface area contributed by atoms with Crippen molar-refractivity contribution in [3.63, 3.8) is 0 Å². The molecule has 0 atom stereocenters. The average molecular weight is 482 g/mol. The molecule has 1 heterocycles. The summed E-state index contributed by atoms with van der Waals surface area (Å²) in [5, 5.41) is 7.15. The van der Waals surface area contributed by atoms with Gasteiger partial charge >= 0.3 is 0 Å². The van der Waals surface area contributed by atoms with Gasteiger partial charge in [0, 0.05) is 18.5 Å². The predicted octanol–water partition coefficient (Wildman–Crippen LogP) is 5.73. The van der Waals surface area contributed by atoms with Crippen LogP contribution in [0.3, 0.4) is 0 Å². The monoisotopic (exact) mass is 481 g/mol. The molecule has 1 aliphatic heterocycles. The van der Waals surface area contributed by atoms with E-state index < -0.39 is 18.4 Å². The van der Waals surface area contributed by atoms with Crippen molar-refractivity contribution >= 4 is 46.2 Å². The van der Waals surface area contributed by atoms with Gasteiger partial charge in [0.25, 0.3) is 5.92 Å². The number of benzene rings is 2. The first-order valence-corrected chi connectivity index (χ1v) is 10.7. The summed E-state index contributed by atoms with van der Waals surface area (Å²) in [6.45, 7) is 4.56. The van der Waals surface area contributed by atoms with Gasteiger partial charge in [-0.3, -0.25) is 4.79 Å². The smallest absolute Gasteiger partial charge is 0.262 e. The SMILES string of the molecule is C=C(c1ccc(Cl)cc1)N(/N=C1\COCCN(CC(C)(F)F)C(=O)C1)c1ccccc1Cl. The molecule has 0 bridgehead atoms. The van der Waals surface area contributed by atoms with Crippen LogP contribution in [0, 0.1) is 0 Å². The van der Waals surface area contributed by atoms with E-state index in [2.05, 4.69) is 11.7 Å². The van der Waals surface area contributed by atoms with Gasteiger partial charge in [-0.05, 0) is 29.8 Å². The summed E-state index contributed by atoms with van der Waals surface area (Å²) >= 11 is 12.4. The molecule has 0 aliphatic carbocycles. The normalized spacial score (nSPS) is 16.6. The van der Waals surface area contributed by atoms with E-state index in [1.165, 1.54) is 5.01 Å². The number of anilines is 1. The summed E-state index contributed by atoms with van der Waals surface area (Å²) in [7, 11) is 0. The molecule has 3 rings (SSSR count). The molecule has 2 aromatic carbocycles. The Balaban J connectivity index is 1.95. The molecule has 1 fully saturated rings. The van der Waals surface area contributed by atoms with E-state index >= 15 is 0 Å². The summed E-state index contributed by atoms with van der Waals surface area (Å²) in [5.41, 5.74) is 2.15. The standard InChI is InChI=1S/C23H23Cl2F2N3O2/c1-16(17-7-9-18(24)10-8-17)30(21-6-4-3-5-20(21)25)28-19-13-22(31)29(11-12-32-14-19)15-23(2,26)27/h3-10H,1,11-15H2,2H3/b28-19-. The lowest BCUT2D eigenvalue weighted by atomic mass is 10.1. The average Bonchev–Trinajstić information content (AvgIpc) is 2.72. The molecule has 0 saturated carbocycles. The highest BCUT2D eigenvalue weighted by Gasteiger charge is 2.30. The van der Waals surface area contributed by atoms with E-state index in [-0.39, 0.29) is 26.2 Å². The van der Waals surface area contributed by atoms with Gasteiger partial charge in [0.2, 0.25) is 5.91 Å². The Kier molecular flexibility index (Phi) is 7.87. The van der Waals surface area contributed by atoms with Crippen LogP contribution in [0.5, 0.6) is 0 Å². The van der Waals surface area contributed by atoms with Crippen molar-refractivity contribution in [2.24, 2.45) is 5.10 Å². The van der Waals surface area contributed by atoms with Crippen molar-refractivity contribution in [3.05, 3.63) is 70.7 Å². The Bertz CT molecular complexity index is 1010. The van der Waals surface area contributed by atoms with Gasteiger partial charge in [-0.25, -0.2) is 13.8 Å². The van der Waals surface area contributed by atoms with Crippen LogP contribution in [0.15, 0.2) is 60.2 Å². The first kappa shape index (κ1) is 24.2. The van der Waals surface area contributed by atoms with Crippen LogP contribution in [0.4, 0.5) is 14.5 Å². The highest BCUT2D eigenvalue weighted by molar-refractivity contribution is 6.33. The molecule has 0 unspecified atom stereocenters. The number of ether oxygens (including phenoxy) is 1. The lowest BCUT2D eigenvalue weighted by Crippen LogP contribution is -2.44. The number of amides is 1. The third-order valence-electron chi connectivity index (χ3n) is 4.71. The fourth-order valence-corrected chi connectivity index (χ4v) is 3.52. The van der Waals surface area contributed by atoms with Crippen LogP contribution in [-0.2, 0) is 9.53 Å². The number of hydrazone groups is 1. The first-order valence-electron chi connectivity index (χ1n) is 9.93. The molecule has 1 amide bonds. The number of hydrogen-bond acceptors (Lipinski definition) is 4. The molecule has 32 heavy (non-hydrogen) atoms. The molecule has 0 N–H and O–H groups in total. The second-order valence-electron chi connectivity index (χ2n) is 7.50. The zero-order valence-electron chi connectivity index (χ0n) is 17.5. The minimum absolute atomic E-state index is 0.0803. The molecule has 1 aliphatic rings. The second-order valence-corrected chi connectivity index (χ2v) is 8.34. The Morgan fingerprint density at radius 2 is 1.91 bits per heavy atom. The topological polar surface area (TPSA) is 45.1 Å². The maximum absolute atomic E-state index is 13.5. The van der Waals surface area contributed by atoms with Crippen LogP contribution in [-0.4, -0.2) is 48.7 Å². The lowest BCUT2D eigenvalue weighted by Gasteiger charge is -2.29. The van der Waals surface area contributed by atoms with E-state index in [0.29, 0.717) is 27.1 Å². The van der Waals surface area contributed by atoms with Gasteiger partial charge in [-0.15, -0.1) is 0 Å². The van der Waals surface area contributed by atoms with Crippen LogP contribution < -0.4 is 5.01 Å². The molecule has 0 spiro atoms. The van der Waals surface area contributed by atoms with Crippen molar-refractivity contribution < 1.29 is 18.3 Å². The van der Waals surface area contributed by atoms with Crippen molar-refractivity contribution in [1.29, 1.82) is 0 Å². The Morgan fingerprint density at radius 3 is 2.56 bits per heavy atom. The number of rotatable bonds is 6. The first-order chi connectivity index (χ1) is 15.1. The fourth-order valence-electron chi connectivity index (χ4n) is 3.18. The van der Waals surface area contributed by atoms with Crippen molar-refractivity contribution in [3.8, 4) is 0 Å². The molecular formula is C23H23Cl2F2N3O2. The van der Waals surface area contributed by atoms with Crippen molar-refractivity contribution in [1.82, 2.24) is 4.90 Å². The Morgan fingerprint density at radius 1 is 1.22 bits per heavy atom. The van der Waals surface area contributed by atoms with Gasteiger partial charge < -0.3 is 9.64 Å². The van der Waals surface area contributed by atoms with Crippen LogP contribution >= 0.6 is 23.2 Å². The maximum atomic E-state index is 13.5. The van der Waals surface area contributed by atoms with Gasteiger partial charge in [-0.1, -0.05) is 54.0 Å². The number of carbonyl (C=O) groups excluding carboxylic acids is 1. The van der Waals surface area contributed by atoms with Crippen molar-refractivity contribution in [2.75, 3.05) is 31.3 Å². The van der Waals surface area contributed by atoms with Crippen LogP contribution in [0.25, 0.3) is 5.70 Å². The summed E-state index contributed by atoms with van der Waals surface area (Å²) in [6.07, 6.45) is -0.162. The number of nitrogens with zero attached hydrogens (tertiary/aromatic N) is 3. The Hall–Kier alpha value is -2.48. The largest absolute Gasteiger partial charge is 0.374 e. The number of carbonyl (C=O) groups is 1. The molecule has 0 radical (unpaired) electrons. The van der Waals surface area contributed by atoms with Crippen molar-refractivity contribution in [2.45, 2.75) is 19.3 Å². The number of hydrogen-bond donors (Lipinski definition) is 0. The number of alkyl halides is 2. The molecule has 2 aromatic rings. The molecular weight excluding hydrogens is 459 g/mol. The van der Waals surface area contributed by atoms with E-state index in [4.69, 9.17) is 27.9 Å². The Labute approximate surface area is 195 Å². The number of halogens is 4. The van der Waals surface area contributed by atoms with Gasteiger partial charge in [0.15, 0.2) is 0 Å². The zero-order valence-corrected chi connectivity index (χ0v) is 19.0. The quantitative estimate of drug-likeness (QED) is 0.494. The summed E-state index contributed by atoms with van der Waals surface area (Å²) in [6, 6.07) is 14.1. The third-order valence-corrected chi connectivity index (χ3v) is 5.28. The van der Waals surface area contributed by atoms with Crippen LogP contribution in [0.2, 0.25) is 10.0 Å². The van der Waals surface area contributed by atoms with Gasteiger partial charge in [0.05, 0.1) is 48.3 Å². The molecule has 9 heteroatoms. The van der Waals surface area contributed by atoms with Gasteiger partial charge in [0.1, 0.15) is 0 Å². The van der Waals surface area contributed by atoms with E-state index in [1.807, 2.05) is 0 Å². The highest BCUT2D eigenvalue weighted by Crippen LogP contribution is 2.32. The molecule has 1 saturated heterocycles. The minimum Gasteiger partial charge on any atom is -0.374 e. The zero-order chi connectivity index (χ0) is 23.3. The summed E-state index contributed by atoms with van der Waals surface area (Å²) in [5.74, 6) is -3.44. The number of para-hydroxylation sites is 1. The minimum atomic E-state index is -3.00. The molecule has 0 aromatic heterocycles. The van der Waals surface area contributed by atoms with E-state index in [1.54, 1.807) is 48.5 Å². The van der Waals surface area contributed by atoms with Gasteiger partial charge in [-0.2, -0.15) is 5.10 Å². The predicted molar refractivity (Wildman–Crippen MR) is 124 cm³/mol. The maximum Gasteiger partial charge on any atom is 0.262 e. The van der Waals surface area contributed by atoms with Crippen LogP contribution in [0.1, 0.15) is 18.9 Å². The summed E-state index contributed by atoms with van der Waals surface area (Å²) in [4.78, 5) is 13.8. The fraction of sp³-hybridized carbons (Fsp3) is 0.304. The van der Waals surface area contributed by atoms with E-state index in [0.717, 1.165) is 17.4 Å². The molecule has 5 nitrogen and oxygen atoms in total. The second kappa shape index (κ2) is 10.4. The lowest BCUT2D eigenvalue weighted by molar-refractivity contribution is -0.136. The van der Waals surface area contributed by atoms with E-state index in [9.17, 15) is 13.6 Å². The molecule has 170 valence electrons. The summed E-state index contributed by atoms with van der Waals surface area (Å²) < 4.78 is 32.6. The highest BCUT2D eigenvalue weighted by atomic mass is 35.5.